The second-order valence-electron chi connectivity index (χ2n) is 5.58. The molecule has 0 aliphatic carbocycles. The molecule has 0 aliphatic heterocycles. The molecular formula is C19H20N2O2S. The van der Waals surface area contributed by atoms with E-state index in [0.717, 1.165) is 27.9 Å². The molecule has 2 aromatic heterocycles. The van der Waals surface area contributed by atoms with Crippen LogP contribution in [0, 0.1) is 0 Å². The summed E-state index contributed by atoms with van der Waals surface area (Å²) in [5.74, 6) is -0.0877. The maximum Gasteiger partial charge on any atom is 0.252 e. The van der Waals surface area contributed by atoms with Crippen molar-refractivity contribution in [1.82, 2.24) is 10.3 Å². The smallest absolute Gasteiger partial charge is 0.252 e. The van der Waals surface area contributed by atoms with Crippen LogP contribution in [0.15, 0.2) is 47.8 Å². The molecule has 0 bridgehead atoms. The standard InChI is InChI=1S/C19H20N2O2S/c1-3-13(12-23-2)20-19(22)15-11-17(18-9-6-10-24-18)21-16-8-5-4-7-14(15)16/h4-11,13H,3,12H2,1-2H3,(H,20,22). The normalized spacial score (nSPS) is 12.2. The van der Waals surface area contributed by atoms with Crippen LogP contribution >= 0.6 is 11.3 Å². The largest absolute Gasteiger partial charge is 0.383 e. The van der Waals surface area contributed by atoms with Gasteiger partial charge in [0, 0.05) is 12.5 Å². The summed E-state index contributed by atoms with van der Waals surface area (Å²) in [6.07, 6.45) is 0.820. The molecular weight excluding hydrogens is 320 g/mol. The van der Waals surface area contributed by atoms with Crippen LogP contribution in [0.2, 0.25) is 0 Å². The minimum Gasteiger partial charge on any atom is -0.383 e. The van der Waals surface area contributed by atoms with Gasteiger partial charge in [0.2, 0.25) is 0 Å². The van der Waals surface area contributed by atoms with Gasteiger partial charge in [-0.05, 0) is 30.0 Å². The lowest BCUT2D eigenvalue weighted by Crippen LogP contribution is -2.37. The molecule has 0 saturated carbocycles. The number of benzene rings is 1. The van der Waals surface area contributed by atoms with Gasteiger partial charge in [-0.1, -0.05) is 31.2 Å². The minimum absolute atomic E-state index is 0.000356. The Morgan fingerprint density at radius 3 is 2.83 bits per heavy atom. The van der Waals surface area contributed by atoms with Gasteiger partial charge in [0.15, 0.2) is 0 Å². The van der Waals surface area contributed by atoms with Crippen molar-refractivity contribution in [3.8, 4) is 10.6 Å². The van der Waals surface area contributed by atoms with E-state index in [4.69, 9.17) is 9.72 Å². The van der Waals surface area contributed by atoms with Gasteiger partial charge in [0.1, 0.15) is 0 Å². The topological polar surface area (TPSA) is 51.2 Å². The van der Waals surface area contributed by atoms with Crippen molar-refractivity contribution in [3.63, 3.8) is 0 Å². The fraction of sp³-hybridized carbons (Fsp3) is 0.263. The van der Waals surface area contributed by atoms with Gasteiger partial charge in [0.25, 0.3) is 5.91 Å². The van der Waals surface area contributed by atoms with Gasteiger partial charge < -0.3 is 10.1 Å². The number of ether oxygens (including phenoxy) is 1. The first-order chi connectivity index (χ1) is 11.7. The Morgan fingerprint density at radius 1 is 1.29 bits per heavy atom. The summed E-state index contributed by atoms with van der Waals surface area (Å²) >= 11 is 1.62. The Kier molecular flexibility index (Phi) is 5.23. The highest BCUT2D eigenvalue weighted by molar-refractivity contribution is 7.13. The van der Waals surface area contributed by atoms with Crippen molar-refractivity contribution < 1.29 is 9.53 Å². The zero-order valence-electron chi connectivity index (χ0n) is 13.8. The van der Waals surface area contributed by atoms with E-state index in [-0.39, 0.29) is 11.9 Å². The highest BCUT2D eigenvalue weighted by atomic mass is 32.1. The van der Waals surface area contributed by atoms with Crippen molar-refractivity contribution in [1.29, 1.82) is 0 Å². The molecule has 0 saturated heterocycles. The van der Waals surface area contributed by atoms with Crippen molar-refractivity contribution in [2.24, 2.45) is 0 Å². The number of para-hydroxylation sites is 1. The molecule has 3 rings (SSSR count). The second kappa shape index (κ2) is 7.55. The Balaban J connectivity index is 2.03. The summed E-state index contributed by atoms with van der Waals surface area (Å²) in [7, 11) is 1.64. The third kappa shape index (κ3) is 3.47. The first-order valence-electron chi connectivity index (χ1n) is 7.96. The molecule has 24 heavy (non-hydrogen) atoms. The van der Waals surface area contributed by atoms with Crippen molar-refractivity contribution in [2.45, 2.75) is 19.4 Å². The molecule has 1 N–H and O–H groups in total. The van der Waals surface area contributed by atoms with Crippen molar-refractivity contribution >= 4 is 28.1 Å². The van der Waals surface area contributed by atoms with Crippen LogP contribution in [0.3, 0.4) is 0 Å². The third-order valence-corrected chi connectivity index (χ3v) is 4.82. The lowest BCUT2D eigenvalue weighted by Gasteiger charge is -2.17. The Labute approximate surface area is 145 Å². The number of nitrogens with one attached hydrogen (secondary N) is 1. The summed E-state index contributed by atoms with van der Waals surface area (Å²) in [5, 5.41) is 5.94. The number of carbonyl (C=O) groups excluding carboxylic acids is 1. The van der Waals surface area contributed by atoms with Crippen LogP contribution in [-0.2, 0) is 4.74 Å². The number of hydrogen-bond donors (Lipinski definition) is 1. The maximum absolute atomic E-state index is 12.8. The molecule has 0 radical (unpaired) electrons. The number of aromatic nitrogens is 1. The molecule has 1 atom stereocenters. The molecule has 5 heteroatoms. The number of methoxy groups -OCH3 is 1. The average Bonchev–Trinajstić information content (AvgIpc) is 3.15. The Bertz CT molecular complexity index is 831. The molecule has 1 unspecified atom stereocenters. The van der Waals surface area contributed by atoms with Crippen LogP contribution in [0.4, 0.5) is 0 Å². The van der Waals surface area contributed by atoms with Crippen LogP contribution in [-0.4, -0.2) is 30.6 Å². The number of carbonyl (C=O) groups is 1. The summed E-state index contributed by atoms with van der Waals surface area (Å²) < 4.78 is 5.18. The second-order valence-corrected chi connectivity index (χ2v) is 6.53. The first kappa shape index (κ1) is 16.6. The van der Waals surface area contributed by atoms with E-state index in [1.54, 1.807) is 18.4 Å². The number of hydrogen-bond acceptors (Lipinski definition) is 4. The fourth-order valence-electron chi connectivity index (χ4n) is 2.64. The maximum atomic E-state index is 12.8. The Morgan fingerprint density at radius 2 is 2.12 bits per heavy atom. The first-order valence-corrected chi connectivity index (χ1v) is 8.84. The quantitative estimate of drug-likeness (QED) is 0.734. The fourth-order valence-corrected chi connectivity index (χ4v) is 3.33. The average molecular weight is 340 g/mol. The van der Waals surface area contributed by atoms with Crippen molar-refractivity contribution in [3.05, 3.63) is 53.4 Å². The van der Waals surface area contributed by atoms with Gasteiger partial charge in [-0.15, -0.1) is 11.3 Å². The SMILES string of the molecule is CCC(COC)NC(=O)c1cc(-c2cccs2)nc2ccccc12. The molecule has 3 aromatic rings. The highest BCUT2D eigenvalue weighted by Gasteiger charge is 2.17. The van der Waals surface area contributed by atoms with Crippen LogP contribution in [0.1, 0.15) is 23.7 Å². The molecule has 124 valence electrons. The zero-order valence-corrected chi connectivity index (χ0v) is 14.6. The molecule has 2 heterocycles. The van der Waals surface area contributed by atoms with E-state index >= 15 is 0 Å². The van der Waals surface area contributed by atoms with Crippen molar-refractivity contribution in [2.75, 3.05) is 13.7 Å². The van der Waals surface area contributed by atoms with E-state index in [2.05, 4.69) is 5.32 Å². The van der Waals surface area contributed by atoms with Gasteiger partial charge >= 0.3 is 0 Å². The minimum atomic E-state index is -0.0877. The third-order valence-electron chi connectivity index (χ3n) is 3.93. The number of fused-ring (bicyclic) bond motifs is 1. The van der Waals surface area contributed by atoms with E-state index in [1.807, 2.05) is 54.8 Å². The lowest BCUT2D eigenvalue weighted by molar-refractivity contribution is 0.0896. The number of amides is 1. The van der Waals surface area contributed by atoms with Gasteiger partial charge in [-0.3, -0.25) is 4.79 Å². The summed E-state index contributed by atoms with van der Waals surface area (Å²) in [6.45, 7) is 2.54. The number of thiophene rings is 1. The Hall–Kier alpha value is -2.24. The zero-order chi connectivity index (χ0) is 16.9. The number of rotatable bonds is 6. The van der Waals surface area contributed by atoms with Crippen LogP contribution in [0.5, 0.6) is 0 Å². The summed E-state index contributed by atoms with van der Waals surface area (Å²) in [6, 6.07) is 13.6. The predicted octanol–water partition coefficient (Wildman–Crippen LogP) is 4.12. The molecule has 0 spiro atoms. The molecule has 0 fully saturated rings. The van der Waals surface area contributed by atoms with Crippen LogP contribution < -0.4 is 5.32 Å². The van der Waals surface area contributed by atoms with E-state index in [9.17, 15) is 4.79 Å². The van der Waals surface area contributed by atoms with E-state index in [1.165, 1.54) is 0 Å². The van der Waals surface area contributed by atoms with Gasteiger partial charge in [-0.25, -0.2) is 4.98 Å². The molecule has 1 amide bonds. The summed E-state index contributed by atoms with van der Waals surface area (Å²) in [4.78, 5) is 18.6. The predicted molar refractivity (Wildman–Crippen MR) is 98.5 cm³/mol. The highest BCUT2D eigenvalue weighted by Crippen LogP contribution is 2.27. The van der Waals surface area contributed by atoms with Crippen LogP contribution in [0.25, 0.3) is 21.5 Å². The summed E-state index contributed by atoms with van der Waals surface area (Å²) in [5.41, 5.74) is 2.31. The number of nitrogens with zero attached hydrogens (tertiary/aromatic N) is 1. The lowest BCUT2D eigenvalue weighted by atomic mass is 10.1. The van der Waals surface area contributed by atoms with Gasteiger partial charge in [0.05, 0.1) is 34.3 Å². The van der Waals surface area contributed by atoms with E-state index in [0.29, 0.717) is 12.2 Å². The molecule has 0 aliphatic rings. The molecule has 4 nitrogen and oxygen atoms in total. The molecule has 1 aromatic carbocycles. The number of pyridine rings is 1. The monoisotopic (exact) mass is 340 g/mol. The van der Waals surface area contributed by atoms with E-state index < -0.39 is 0 Å². The van der Waals surface area contributed by atoms with Gasteiger partial charge in [-0.2, -0.15) is 0 Å².